The number of hydrogen-bond donors (Lipinski definition) is 1. The van der Waals surface area contributed by atoms with Gasteiger partial charge in [0.25, 0.3) is 0 Å². The van der Waals surface area contributed by atoms with E-state index in [1.807, 2.05) is 13.0 Å². The predicted octanol–water partition coefficient (Wildman–Crippen LogP) is 3.49. The van der Waals surface area contributed by atoms with E-state index in [9.17, 15) is 9.18 Å². The fourth-order valence-electron chi connectivity index (χ4n) is 1.52. The Morgan fingerprint density at radius 3 is 2.56 bits per heavy atom. The SMILES string of the molecule is CC(Cc1cc(F)cc(Br)c1)C(C)C(=O)O. The summed E-state index contributed by atoms with van der Waals surface area (Å²) in [4.78, 5) is 10.8. The fourth-order valence-corrected chi connectivity index (χ4v) is 2.03. The molecule has 0 spiro atoms. The summed E-state index contributed by atoms with van der Waals surface area (Å²) in [7, 11) is 0. The van der Waals surface area contributed by atoms with Gasteiger partial charge in [-0.1, -0.05) is 29.8 Å². The number of carbonyl (C=O) groups is 1. The Kier molecular flexibility index (Phi) is 4.47. The van der Waals surface area contributed by atoms with E-state index >= 15 is 0 Å². The van der Waals surface area contributed by atoms with Gasteiger partial charge in [-0.3, -0.25) is 4.79 Å². The van der Waals surface area contributed by atoms with Crippen LogP contribution in [-0.2, 0) is 11.2 Å². The van der Waals surface area contributed by atoms with Crippen molar-refractivity contribution < 1.29 is 14.3 Å². The Bertz CT molecular complexity index is 372. The number of hydrogen-bond acceptors (Lipinski definition) is 1. The van der Waals surface area contributed by atoms with Crippen LogP contribution in [0.25, 0.3) is 0 Å². The van der Waals surface area contributed by atoms with Crippen LogP contribution in [0, 0.1) is 17.7 Å². The smallest absolute Gasteiger partial charge is 0.306 e. The molecule has 0 amide bonds. The van der Waals surface area contributed by atoms with Crippen molar-refractivity contribution in [2.45, 2.75) is 20.3 Å². The van der Waals surface area contributed by atoms with Crippen molar-refractivity contribution in [3.8, 4) is 0 Å². The molecule has 0 aromatic heterocycles. The zero-order valence-electron chi connectivity index (χ0n) is 9.21. The standard InChI is InChI=1S/C12H14BrFO2/c1-7(8(2)12(15)16)3-9-4-10(13)6-11(14)5-9/h4-8H,3H2,1-2H3,(H,15,16). The van der Waals surface area contributed by atoms with Gasteiger partial charge in [0.2, 0.25) is 0 Å². The molecule has 0 aliphatic rings. The summed E-state index contributed by atoms with van der Waals surface area (Å²) in [5, 5.41) is 8.86. The Labute approximate surface area is 103 Å². The molecule has 16 heavy (non-hydrogen) atoms. The molecule has 2 unspecified atom stereocenters. The molecule has 0 fully saturated rings. The summed E-state index contributed by atoms with van der Waals surface area (Å²) in [6.45, 7) is 3.53. The van der Waals surface area contributed by atoms with Gasteiger partial charge in [0.05, 0.1) is 5.92 Å². The molecular weight excluding hydrogens is 275 g/mol. The second-order valence-electron chi connectivity index (χ2n) is 4.09. The minimum atomic E-state index is -0.817. The summed E-state index contributed by atoms with van der Waals surface area (Å²) in [6.07, 6.45) is 0.559. The first-order valence-corrected chi connectivity index (χ1v) is 5.87. The first-order chi connectivity index (χ1) is 7.40. The quantitative estimate of drug-likeness (QED) is 0.921. The van der Waals surface area contributed by atoms with Crippen LogP contribution in [0.4, 0.5) is 4.39 Å². The molecule has 0 aliphatic carbocycles. The Hall–Kier alpha value is -0.900. The second-order valence-corrected chi connectivity index (χ2v) is 5.00. The van der Waals surface area contributed by atoms with Crippen LogP contribution in [0.2, 0.25) is 0 Å². The van der Waals surface area contributed by atoms with Crippen molar-refractivity contribution in [1.29, 1.82) is 0 Å². The second kappa shape index (κ2) is 5.43. The molecule has 0 radical (unpaired) electrons. The fraction of sp³-hybridized carbons (Fsp3) is 0.417. The zero-order chi connectivity index (χ0) is 12.3. The molecule has 0 saturated heterocycles. The first kappa shape index (κ1) is 13.2. The van der Waals surface area contributed by atoms with Crippen LogP contribution in [0.3, 0.4) is 0 Å². The van der Waals surface area contributed by atoms with Gasteiger partial charge in [-0.2, -0.15) is 0 Å². The summed E-state index contributed by atoms with van der Waals surface area (Å²) >= 11 is 3.21. The van der Waals surface area contributed by atoms with Crippen molar-refractivity contribution in [2.75, 3.05) is 0 Å². The van der Waals surface area contributed by atoms with E-state index in [0.717, 1.165) is 5.56 Å². The molecule has 1 aromatic carbocycles. The van der Waals surface area contributed by atoms with Crippen molar-refractivity contribution >= 4 is 21.9 Å². The van der Waals surface area contributed by atoms with Gasteiger partial charge < -0.3 is 5.11 Å². The van der Waals surface area contributed by atoms with Crippen molar-refractivity contribution in [1.82, 2.24) is 0 Å². The highest BCUT2D eigenvalue weighted by molar-refractivity contribution is 9.10. The highest BCUT2D eigenvalue weighted by Gasteiger charge is 2.19. The maximum Gasteiger partial charge on any atom is 0.306 e. The van der Waals surface area contributed by atoms with Gasteiger partial charge in [0, 0.05) is 4.47 Å². The van der Waals surface area contributed by atoms with E-state index in [4.69, 9.17) is 5.11 Å². The summed E-state index contributed by atoms with van der Waals surface area (Å²) in [6, 6.07) is 4.64. The van der Waals surface area contributed by atoms with Crippen LogP contribution in [0.1, 0.15) is 19.4 Å². The predicted molar refractivity (Wildman–Crippen MR) is 63.8 cm³/mol. The van der Waals surface area contributed by atoms with Crippen molar-refractivity contribution in [2.24, 2.45) is 11.8 Å². The number of halogens is 2. The maximum atomic E-state index is 13.1. The lowest BCUT2D eigenvalue weighted by Crippen LogP contribution is -2.19. The third-order valence-corrected chi connectivity index (χ3v) is 3.18. The normalized spacial score (nSPS) is 14.5. The number of carboxylic acid groups (broad SMARTS) is 1. The van der Waals surface area contributed by atoms with Crippen LogP contribution in [0.5, 0.6) is 0 Å². The molecular formula is C12H14BrFO2. The minimum absolute atomic E-state index is 0.0220. The third kappa shape index (κ3) is 3.59. The van der Waals surface area contributed by atoms with E-state index in [-0.39, 0.29) is 11.7 Å². The minimum Gasteiger partial charge on any atom is -0.481 e. The van der Waals surface area contributed by atoms with Gasteiger partial charge in [0.15, 0.2) is 0 Å². The first-order valence-electron chi connectivity index (χ1n) is 5.08. The number of rotatable bonds is 4. The molecule has 0 saturated carbocycles. The molecule has 4 heteroatoms. The third-order valence-electron chi connectivity index (χ3n) is 2.72. The Morgan fingerprint density at radius 1 is 1.44 bits per heavy atom. The lowest BCUT2D eigenvalue weighted by Gasteiger charge is -2.16. The summed E-state index contributed by atoms with van der Waals surface area (Å²) < 4.78 is 13.8. The molecule has 1 rings (SSSR count). The van der Waals surface area contributed by atoms with Crippen molar-refractivity contribution in [3.05, 3.63) is 34.1 Å². The largest absolute Gasteiger partial charge is 0.481 e. The van der Waals surface area contributed by atoms with Crippen LogP contribution >= 0.6 is 15.9 Å². The molecule has 2 atom stereocenters. The van der Waals surface area contributed by atoms with E-state index in [1.165, 1.54) is 12.1 Å². The van der Waals surface area contributed by atoms with Crippen LogP contribution in [0.15, 0.2) is 22.7 Å². The molecule has 88 valence electrons. The molecule has 1 N–H and O–H groups in total. The Morgan fingerprint density at radius 2 is 2.06 bits per heavy atom. The molecule has 2 nitrogen and oxygen atoms in total. The lowest BCUT2D eigenvalue weighted by molar-refractivity contribution is -0.142. The lowest BCUT2D eigenvalue weighted by atomic mass is 9.90. The number of aliphatic carboxylic acids is 1. The van der Waals surface area contributed by atoms with Gasteiger partial charge >= 0.3 is 5.97 Å². The van der Waals surface area contributed by atoms with Crippen molar-refractivity contribution in [3.63, 3.8) is 0 Å². The molecule has 1 aromatic rings. The number of benzene rings is 1. The highest BCUT2D eigenvalue weighted by atomic mass is 79.9. The van der Waals surface area contributed by atoms with Crippen LogP contribution in [-0.4, -0.2) is 11.1 Å². The summed E-state index contributed by atoms with van der Waals surface area (Å²) in [5.74, 6) is -1.57. The highest BCUT2D eigenvalue weighted by Crippen LogP contribution is 2.21. The van der Waals surface area contributed by atoms with Gasteiger partial charge in [-0.25, -0.2) is 4.39 Å². The van der Waals surface area contributed by atoms with Gasteiger partial charge in [0.1, 0.15) is 5.82 Å². The zero-order valence-corrected chi connectivity index (χ0v) is 10.8. The van der Waals surface area contributed by atoms with Gasteiger partial charge in [-0.05, 0) is 36.1 Å². The monoisotopic (exact) mass is 288 g/mol. The van der Waals surface area contributed by atoms with Crippen LogP contribution < -0.4 is 0 Å². The van der Waals surface area contributed by atoms with Gasteiger partial charge in [-0.15, -0.1) is 0 Å². The van der Waals surface area contributed by atoms with E-state index < -0.39 is 11.9 Å². The molecule has 0 bridgehead atoms. The summed E-state index contributed by atoms with van der Waals surface area (Å²) in [5.41, 5.74) is 0.812. The van der Waals surface area contributed by atoms with E-state index in [0.29, 0.717) is 10.9 Å². The van der Waals surface area contributed by atoms with E-state index in [2.05, 4.69) is 15.9 Å². The topological polar surface area (TPSA) is 37.3 Å². The number of carboxylic acids is 1. The average molecular weight is 289 g/mol. The Balaban J connectivity index is 2.76. The maximum absolute atomic E-state index is 13.1. The average Bonchev–Trinajstić information content (AvgIpc) is 2.14. The molecule has 0 aliphatic heterocycles. The van der Waals surface area contributed by atoms with E-state index in [1.54, 1.807) is 6.92 Å². The molecule has 0 heterocycles.